The summed E-state index contributed by atoms with van der Waals surface area (Å²) < 4.78 is 13.7. The molecule has 23 heavy (non-hydrogen) atoms. The van der Waals surface area contributed by atoms with Crippen molar-refractivity contribution in [3.63, 3.8) is 0 Å². The van der Waals surface area contributed by atoms with Gasteiger partial charge in [-0.15, -0.1) is 0 Å². The average molecular weight is 308 g/mol. The Hall–Kier alpha value is -2.95. The SMILES string of the molecule is Cc1cc(Nc2ccccc2C)nc(Nc2ccccc2F)n1. The third-order valence-corrected chi connectivity index (χ3v) is 3.38. The zero-order valence-corrected chi connectivity index (χ0v) is 13.0. The lowest BCUT2D eigenvalue weighted by atomic mass is 10.2. The molecule has 0 aliphatic heterocycles. The van der Waals surface area contributed by atoms with Gasteiger partial charge in [0.25, 0.3) is 0 Å². The van der Waals surface area contributed by atoms with Gasteiger partial charge in [0.05, 0.1) is 5.69 Å². The fraction of sp³-hybridized carbons (Fsp3) is 0.111. The summed E-state index contributed by atoms with van der Waals surface area (Å²) in [5.74, 6) is 0.669. The number of anilines is 4. The molecule has 0 amide bonds. The van der Waals surface area contributed by atoms with Gasteiger partial charge in [-0.25, -0.2) is 9.37 Å². The van der Waals surface area contributed by atoms with Gasteiger partial charge in [-0.1, -0.05) is 30.3 Å². The first-order valence-electron chi connectivity index (χ1n) is 7.32. The van der Waals surface area contributed by atoms with Crippen molar-refractivity contribution < 1.29 is 4.39 Å². The van der Waals surface area contributed by atoms with Gasteiger partial charge in [-0.3, -0.25) is 0 Å². The van der Waals surface area contributed by atoms with Gasteiger partial charge in [-0.05, 0) is 37.6 Å². The van der Waals surface area contributed by atoms with E-state index in [2.05, 4.69) is 20.6 Å². The normalized spacial score (nSPS) is 10.4. The number of nitrogens with one attached hydrogen (secondary N) is 2. The smallest absolute Gasteiger partial charge is 0.229 e. The van der Waals surface area contributed by atoms with E-state index >= 15 is 0 Å². The van der Waals surface area contributed by atoms with E-state index in [0.717, 1.165) is 16.9 Å². The highest BCUT2D eigenvalue weighted by molar-refractivity contribution is 5.62. The Labute approximate surface area is 134 Å². The van der Waals surface area contributed by atoms with E-state index in [1.807, 2.05) is 44.2 Å². The Balaban J connectivity index is 1.88. The Morgan fingerprint density at radius 3 is 2.26 bits per heavy atom. The molecule has 0 saturated carbocycles. The Morgan fingerprint density at radius 2 is 1.52 bits per heavy atom. The largest absolute Gasteiger partial charge is 0.340 e. The number of hydrogen-bond acceptors (Lipinski definition) is 4. The van der Waals surface area contributed by atoms with Crippen molar-refractivity contribution in [2.45, 2.75) is 13.8 Å². The minimum absolute atomic E-state index is 0.342. The molecule has 0 fully saturated rings. The van der Waals surface area contributed by atoms with Gasteiger partial charge in [0.1, 0.15) is 11.6 Å². The Morgan fingerprint density at radius 1 is 0.826 bits per heavy atom. The summed E-state index contributed by atoms with van der Waals surface area (Å²) >= 11 is 0. The van der Waals surface area contributed by atoms with Crippen LogP contribution in [0.5, 0.6) is 0 Å². The first-order valence-corrected chi connectivity index (χ1v) is 7.32. The summed E-state index contributed by atoms with van der Waals surface area (Å²) in [7, 11) is 0. The Kier molecular flexibility index (Phi) is 4.19. The van der Waals surface area contributed by atoms with Crippen molar-refractivity contribution in [2.24, 2.45) is 0 Å². The molecule has 0 aliphatic carbocycles. The molecule has 0 spiro atoms. The van der Waals surface area contributed by atoms with Crippen LogP contribution in [0.1, 0.15) is 11.3 Å². The first-order chi connectivity index (χ1) is 11.1. The number of para-hydroxylation sites is 2. The topological polar surface area (TPSA) is 49.8 Å². The highest BCUT2D eigenvalue weighted by atomic mass is 19.1. The van der Waals surface area contributed by atoms with Crippen LogP contribution < -0.4 is 10.6 Å². The second-order valence-corrected chi connectivity index (χ2v) is 5.26. The summed E-state index contributed by atoms with van der Waals surface area (Å²) in [6.07, 6.45) is 0. The summed E-state index contributed by atoms with van der Waals surface area (Å²) in [5.41, 5.74) is 3.23. The van der Waals surface area contributed by atoms with Crippen molar-refractivity contribution >= 4 is 23.1 Å². The quantitative estimate of drug-likeness (QED) is 0.732. The molecule has 3 aromatic rings. The maximum Gasteiger partial charge on any atom is 0.229 e. The summed E-state index contributed by atoms with van der Waals surface area (Å²) in [6.45, 7) is 3.89. The minimum Gasteiger partial charge on any atom is -0.340 e. The molecular formula is C18H17FN4. The predicted octanol–water partition coefficient (Wildman–Crippen LogP) is 4.72. The fourth-order valence-electron chi connectivity index (χ4n) is 2.22. The zero-order chi connectivity index (χ0) is 16.2. The van der Waals surface area contributed by atoms with Gasteiger partial charge in [0.2, 0.25) is 5.95 Å². The summed E-state index contributed by atoms with van der Waals surface area (Å²) in [6, 6.07) is 16.2. The van der Waals surface area contributed by atoms with E-state index in [-0.39, 0.29) is 5.82 Å². The lowest BCUT2D eigenvalue weighted by Gasteiger charge is -2.11. The molecule has 1 heterocycles. The van der Waals surface area contributed by atoms with Crippen LogP contribution >= 0.6 is 0 Å². The number of halogens is 1. The molecule has 2 N–H and O–H groups in total. The molecule has 3 rings (SSSR count). The van der Waals surface area contributed by atoms with Crippen LogP contribution in [0.4, 0.5) is 27.5 Å². The van der Waals surface area contributed by atoms with E-state index in [1.54, 1.807) is 18.2 Å². The van der Waals surface area contributed by atoms with Crippen molar-refractivity contribution in [3.8, 4) is 0 Å². The van der Waals surface area contributed by atoms with Crippen LogP contribution in [0.15, 0.2) is 54.6 Å². The van der Waals surface area contributed by atoms with Gasteiger partial charge in [-0.2, -0.15) is 4.98 Å². The average Bonchev–Trinajstić information content (AvgIpc) is 2.51. The molecule has 5 heteroatoms. The number of aryl methyl sites for hydroxylation is 2. The van der Waals surface area contributed by atoms with Crippen molar-refractivity contribution in [1.29, 1.82) is 0 Å². The van der Waals surface area contributed by atoms with E-state index in [0.29, 0.717) is 17.5 Å². The van der Waals surface area contributed by atoms with Gasteiger partial charge in [0, 0.05) is 17.4 Å². The van der Waals surface area contributed by atoms with Gasteiger partial charge < -0.3 is 10.6 Å². The molecule has 116 valence electrons. The molecule has 1 aromatic heterocycles. The second kappa shape index (κ2) is 6.44. The Bertz CT molecular complexity index is 767. The summed E-state index contributed by atoms with van der Waals surface area (Å²) in [4.78, 5) is 8.71. The maximum atomic E-state index is 13.7. The van der Waals surface area contributed by atoms with E-state index in [4.69, 9.17) is 0 Å². The number of benzene rings is 2. The van der Waals surface area contributed by atoms with Gasteiger partial charge >= 0.3 is 0 Å². The zero-order valence-electron chi connectivity index (χ0n) is 13.0. The van der Waals surface area contributed by atoms with E-state index in [9.17, 15) is 4.39 Å². The molecular weight excluding hydrogens is 291 g/mol. The van der Waals surface area contributed by atoms with Crippen LogP contribution in [-0.2, 0) is 0 Å². The molecule has 4 nitrogen and oxygen atoms in total. The van der Waals surface area contributed by atoms with Crippen LogP contribution in [0.2, 0.25) is 0 Å². The van der Waals surface area contributed by atoms with Crippen molar-refractivity contribution in [3.05, 3.63) is 71.7 Å². The number of rotatable bonds is 4. The van der Waals surface area contributed by atoms with Crippen LogP contribution in [0, 0.1) is 19.7 Å². The standard InChI is InChI=1S/C18H17FN4/c1-12-7-3-5-9-15(12)21-17-11-13(2)20-18(23-17)22-16-10-6-4-8-14(16)19/h3-11H,1-2H3,(H2,20,21,22,23). The van der Waals surface area contributed by atoms with Crippen LogP contribution in [0.25, 0.3) is 0 Å². The van der Waals surface area contributed by atoms with Crippen molar-refractivity contribution in [1.82, 2.24) is 9.97 Å². The highest BCUT2D eigenvalue weighted by Gasteiger charge is 2.07. The monoisotopic (exact) mass is 308 g/mol. The van der Waals surface area contributed by atoms with Crippen LogP contribution in [0.3, 0.4) is 0 Å². The molecule has 0 aliphatic rings. The first kappa shape index (κ1) is 15.0. The number of aromatic nitrogens is 2. The third kappa shape index (κ3) is 3.63. The third-order valence-electron chi connectivity index (χ3n) is 3.38. The second-order valence-electron chi connectivity index (χ2n) is 5.26. The molecule has 0 atom stereocenters. The predicted molar refractivity (Wildman–Crippen MR) is 90.9 cm³/mol. The molecule has 0 radical (unpaired) electrons. The van der Waals surface area contributed by atoms with Gasteiger partial charge in [0.15, 0.2) is 0 Å². The number of hydrogen-bond donors (Lipinski definition) is 2. The number of nitrogens with zero attached hydrogens (tertiary/aromatic N) is 2. The minimum atomic E-state index is -0.342. The van der Waals surface area contributed by atoms with Crippen LogP contribution in [-0.4, -0.2) is 9.97 Å². The van der Waals surface area contributed by atoms with Crippen molar-refractivity contribution in [2.75, 3.05) is 10.6 Å². The highest BCUT2D eigenvalue weighted by Crippen LogP contribution is 2.22. The van der Waals surface area contributed by atoms with E-state index in [1.165, 1.54) is 6.07 Å². The molecule has 0 bridgehead atoms. The molecule has 2 aromatic carbocycles. The maximum absolute atomic E-state index is 13.7. The molecule has 0 saturated heterocycles. The summed E-state index contributed by atoms with van der Waals surface area (Å²) in [5, 5.41) is 6.19. The lowest BCUT2D eigenvalue weighted by molar-refractivity contribution is 0.631. The van der Waals surface area contributed by atoms with E-state index < -0.39 is 0 Å². The molecule has 0 unspecified atom stereocenters. The lowest BCUT2D eigenvalue weighted by Crippen LogP contribution is -2.03. The fourth-order valence-corrected chi connectivity index (χ4v) is 2.22.